The van der Waals surface area contributed by atoms with Crippen LogP contribution in [0.15, 0.2) is 35.5 Å². The Kier molecular flexibility index (Phi) is 4.40. The van der Waals surface area contributed by atoms with Gasteiger partial charge < -0.3 is 5.73 Å². The lowest BCUT2D eigenvalue weighted by atomic mass is 10.2. The first-order chi connectivity index (χ1) is 9.85. The van der Waals surface area contributed by atoms with Gasteiger partial charge in [0.25, 0.3) is 10.0 Å². The molecule has 0 saturated carbocycles. The smallest absolute Gasteiger partial charge is 0.264 e. The minimum absolute atomic E-state index is 0.00688. The van der Waals surface area contributed by atoms with E-state index in [4.69, 9.17) is 17.3 Å². The standard InChI is InChI=1S/C12H10ClF2N3O2S/c13-8-3-7(5-16)12(15)11(4-8)21(19,20)18-10-1-2-17-6-9(10)14/h1-4,6H,5,16H2,(H,17,18). The first-order valence-electron chi connectivity index (χ1n) is 5.65. The van der Waals surface area contributed by atoms with E-state index in [9.17, 15) is 17.2 Å². The third kappa shape index (κ3) is 3.29. The second-order valence-corrected chi connectivity index (χ2v) is 6.13. The fourth-order valence-electron chi connectivity index (χ4n) is 1.62. The van der Waals surface area contributed by atoms with E-state index in [-0.39, 0.29) is 22.8 Å². The summed E-state index contributed by atoms with van der Waals surface area (Å²) in [5.41, 5.74) is 4.92. The lowest BCUT2D eigenvalue weighted by Gasteiger charge is -2.11. The number of aromatic nitrogens is 1. The van der Waals surface area contributed by atoms with Gasteiger partial charge in [-0.15, -0.1) is 0 Å². The van der Waals surface area contributed by atoms with E-state index < -0.39 is 26.6 Å². The third-order valence-corrected chi connectivity index (χ3v) is 4.19. The summed E-state index contributed by atoms with van der Waals surface area (Å²) < 4.78 is 53.8. The monoisotopic (exact) mass is 333 g/mol. The Morgan fingerprint density at radius 1 is 1.33 bits per heavy atom. The van der Waals surface area contributed by atoms with Crippen molar-refractivity contribution >= 4 is 27.3 Å². The molecule has 0 fully saturated rings. The van der Waals surface area contributed by atoms with Crippen molar-refractivity contribution in [2.24, 2.45) is 5.73 Å². The van der Waals surface area contributed by atoms with Crippen LogP contribution >= 0.6 is 11.6 Å². The van der Waals surface area contributed by atoms with Gasteiger partial charge in [0, 0.05) is 23.3 Å². The maximum absolute atomic E-state index is 14.1. The fourth-order valence-corrected chi connectivity index (χ4v) is 3.14. The van der Waals surface area contributed by atoms with E-state index in [1.165, 1.54) is 12.3 Å². The zero-order valence-electron chi connectivity index (χ0n) is 10.5. The van der Waals surface area contributed by atoms with Gasteiger partial charge >= 0.3 is 0 Å². The van der Waals surface area contributed by atoms with Gasteiger partial charge in [-0.1, -0.05) is 11.6 Å². The fraction of sp³-hybridized carbons (Fsp3) is 0.0833. The molecule has 2 rings (SSSR count). The number of anilines is 1. The van der Waals surface area contributed by atoms with Gasteiger partial charge in [-0.3, -0.25) is 9.71 Å². The Balaban J connectivity index is 2.50. The van der Waals surface area contributed by atoms with E-state index >= 15 is 0 Å². The molecule has 0 amide bonds. The predicted octanol–water partition coefficient (Wildman–Crippen LogP) is 2.27. The second kappa shape index (κ2) is 5.92. The molecule has 112 valence electrons. The highest BCUT2D eigenvalue weighted by atomic mass is 35.5. The third-order valence-electron chi connectivity index (χ3n) is 2.61. The van der Waals surface area contributed by atoms with Gasteiger partial charge in [-0.2, -0.15) is 0 Å². The molecular weight excluding hydrogens is 324 g/mol. The summed E-state index contributed by atoms with van der Waals surface area (Å²) >= 11 is 5.74. The molecule has 0 aliphatic carbocycles. The maximum atomic E-state index is 14.1. The lowest BCUT2D eigenvalue weighted by molar-refractivity contribution is 0.560. The second-order valence-electron chi connectivity index (χ2n) is 4.04. The minimum atomic E-state index is -4.35. The zero-order valence-corrected chi connectivity index (χ0v) is 12.0. The number of rotatable bonds is 4. The van der Waals surface area contributed by atoms with Gasteiger partial charge in [0.1, 0.15) is 10.7 Å². The largest absolute Gasteiger partial charge is 0.326 e. The molecular formula is C12H10ClF2N3O2S. The highest BCUT2D eigenvalue weighted by molar-refractivity contribution is 7.92. The molecule has 0 unspecified atom stereocenters. The van der Waals surface area contributed by atoms with Gasteiger partial charge in [-0.25, -0.2) is 17.2 Å². The average Bonchev–Trinajstić information content (AvgIpc) is 2.43. The van der Waals surface area contributed by atoms with Crippen molar-refractivity contribution < 1.29 is 17.2 Å². The summed E-state index contributed by atoms with van der Waals surface area (Å²) in [6.45, 7) is -0.224. The Labute approximate surface area is 124 Å². The van der Waals surface area contributed by atoms with Crippen LogP contribution < -0.4 is 10.5 Å². The van der Waals surface area contributed by atoms with Crippen LogP contribution in [0.2, 0.25) is 5.02 Å². The summed E-state index contributed by atoms with van der Waals surface area (Å²) in [4.78, 5) is 2.78. The number of nitrogens with zero attached hydrogens (tertiary/aromatic N) is 1. The molecule has 1 aromatic heterocycles. The van der Waals surface area contributed by atoms with Crippen LogP contribution in [0, 0.1) is 11.6 Å². The van der Waals surface area contributed by atoms with Crippen LogP contribution in [0.4, 0.5) is 14.5 Å². The topological polar surface area (TPSA) is 85.1 Å². The molecule has 0 radical (unpaired) electrons. The van der Waals surface area contributed by atoms with Gasteiger partial charge in [0.05, 0.1) is 11.9 Å². The summed E-state index contributed by atoms with van der Waals surface area (Å²) in [6.07, 6.45) is 2.03. The molecule has 0 bridgehead atoms. The zero-order chi connectivity index (χ0) is 15.6. The summed E-state index contributed by atoms with van der Waals surface area (Å²) in [5.74, 6) is -1.91. The highest BCUT2D eigenvalue weighted by Gasteiger charge is 2.23. The van der Waals surface area contributed by atoms with E-state index in [1.807, 2.05) is 4.72 Å². The first kappa shape index (κ1) is 15.6. The van der Waals surface area contributed by atoms with Gasteiger partial charge in [-0.05, 0) is 18.2 Å². The molecule has 0 spiro atoms. The molecule has 21 heavy (non-hydrogen) atoms. The number of sulfonamides is 1. The first-order valence-corrected chi connectivity index (χ1v) is 7.51. The number of benzene rings is 1. The molecule has 1 aromatic carbocycles. The SMILES string of the molecule is NCc1cc(Cl)cc(S(=O)(=O)Nc2ccncc2F)c1F. The number of halogens is 3. The summed E-state index contributed by atoms with van der Waals surface area (Å²) in [5, 5.41) is 0.00688. The summed E-state index contributed by atoms with van der Waals surface area (Å²) in [7, 11) is -4.35. The van der Waals surface area contributed by atoms with Crippen LogP contribution in [0.25, 0.3) is 0 Å². The Morgan fingerprint density at radius 3 is 2.67 bits per heavy atom. The number of nitrogens with one attached hydrogen (secondary N) is 1. The molecule has 2 aromatic rings. The van der Waals surface area contributed by atoms with Crippen LogP contribution in [-0.2, 0) is 16.6 Å². The van der Waals surface area contributed by atoms with Crippen LogP contribution in [0.5, 0.6) is 0 Å². The van der Waals surface area contributed by atoms with Crippen molar-refractivity contribution in [3.63, 3.8) is 0 Å². The number of hydrogen-bond donors (Lipinski definition) is 2. The molecule has 1 heterocycles. The quantitative estimate of drug-likeness (QED) is 0.898. The summed E-state index contributed by atoms with van der Waals surface area (Å²) in [6, 6.07) is 3.26. The Bertz CT molecular complexity index is 784. The Morgan fingerprint density at radius 2 is 2.05 bits per heavy atom. The molecule has 3 N–H and O–H groups in total. The number of nitrogens with two attached hydrogens (primary N) is 1. The average molecular weight is 334 g/mol. The van der Waals surface area contributed by atoms with E-state index in [0.717, 1.165) is 18.3 Å². The lowest BCUT2D eigenvalue weighted by Crippen LogP contribution is -2.17. The number of hydrogen-bond acceptors (Lipinski definition) is 4. The van der Waals surface area contributed by atoms with Crippen molar-refractivity contribution in [2.45, 2.75) is 11.4 Å². The molecule has 0 aliphatic heterocycles. The molecule has 9 heteroatoms. The van der Waals surface area contributed by atoms with Crippen LogP contribution in [-0.4, -0.2) is 13.4 Å². The van der Waals surface area contributed by atoms with Crippen molar-refractivity contribution in [1.82, 2.24) is 4.98 Å². The van der Waals surface area contributed by atoms with Gasteiger partial charge in [0.2, 0.25) is 0 Å². The predicted molar refractivity (Wildman–Crippen MR) is 74.3 cm³/mol. The van der Waals surface area contributed by atoms with Crippen LogP contribution in [0.1, 0.15) is 5.56 Å². The van der Waals surface area contributed by atoms with Crippen molar-refractivity contribution in [1.29, 1.82) is 0 Å². The van der Waals surface area contributed by atoms with Crippen molar-refractivity contribution in [3.05, 3.63) is 52.8 Å². The highest BCUT2D eigenvalue weighted by Crippen LogP contribution is 2.26. The normalized spacial score (nSPS) is 11.4. The molecule has 5 nitrogen and oxygen atoms in total. The van der Waals surface area contributed by atoms with Gasteiger partial charge in [0.15, 0.2) is 5.82 Å². The molecule has 0 atom stereocenters. The molecule has 0 saturated heterocycles. The van der Waals surface area contributed by atoms with E-state index in [1.54, 1.807) is 0 Å². The van der Waals surface area contributed by atoms with Crippen molar-refractivity contribution in [3.8, 4) is 0 Å². The molecule has 0 aliphatic rings. The van der Waals surface area contributed by atoms with E-state index in [2.05, 4.69) is 4.98 Å². The minimum Gasteiger partial charge on any atom is -0.326 e. The maximum Gasteiger partial charge on any atom is 0.264 e. The number of pyridine rings is 1. The van der Waals surface area contributed by atoms with Crippen LogP contribution in [0.3, 0.4) is 0 Å². The Hall–Kier alpha value is -1.77. The van der Waals surface area contributed by atoms with E-state index in [0.29, 0.717) is 0 Å². The van der Waals surface area contributed by atoms with Crippen molar-refractivity contribution in [2.75, 3.05) is 4.72 Å².